The minimum atomic E-state index is -0.319. The van der Waals surface area contributed by atoms with Gasteiger partial charge in [0.1, 0.15) is 17.3 Å². The molecule has 0 spiro atoms. The summed E-state index contributed by atoms with van der Waals surface area (Å²) in [5, 5.41) is 4.13. The number of amides is 1. The van der Waals surface area contributed by atoms with Crippen molar-refractivity contribution in [2.75, 3.05) is 20.8 Å². The fraction of sp³-hybridized carbons (Fsp3) is 0.238. The van der Waals surface area contributed by atoms with Crippen molar-refractivity contribution in [1.29, 1.82) is 0 Å². The Balaban J connectivity index is 1.63. The van der Waals surface area contributed by atoms with Gasteiger partial charge in [-0.05, 0) is 36.4 Å². The van der Waals surface area contributed by atoms with Crippen LogP contribution in [0.4, 0.5) is 4.39 Å². The van der Waals surface area contributed by atoms with Crippen molar-refractivity contribution < 1.29 is 23.2 Å². The van der Waals surface area contributed by atoms with Crippen molar-refractivity contribution in [3.8, 4) is 22.8 Å². The predicted octanol–water partition coefficient (Wildman–Crippen LogP) is 3.70. The lowest BCUT2D eigenvalue weighted by atomic mass is 10.0. The Labute approximate surface area is 161 Å². The molecule has 0 saturated heterocycles. The van der Waals surface area contributed by atoms with Gasteiger partial charge in [0.25, 0.3) is 5.91 Å². The van der Waals surface area contributed by atoms with Crippen LogP contribution in [0.5, 0.6) is 11.5 Å². The Morgan fingerprint density at radius 1 is 1.11 bits per heavy atom. The third kappa shape index (κ3) is 3.31. The summed E-state index contributed by atoms with van der Waals surface area (Å²) in [7, 11) is 3.09. The van der Waals surface area contributed by atoms with Gasteiger partial charge < -0.3 is 18.9 Å². The molecule has 0 N–H and O–H groups in total. The molecule has 0 aliphatic carbocycles. The van der Waals surface area contributed by atoms with E-state index in [1.54, 1.807) is 49.5 Å². The van der Waals surface area contributed by atoms with Gasteiger partial charge in [-0.1, -0.05) is 5.16 Å². The molecule has 3 aromatic rings. The molecule has 6 nitrogen and oxygen atoms in total. The summed E-state index contributed by atoms with van der Waals surface area (Å²) in [6.45, 7) is 0.894. The van der Waals surface area contributed by atoms with Crippen LogP contribution in [0.15, 0.2) is 47.0 Å². The fourth-order valence-electron chi connectivity index (χ4n) is 3.33. The zero-order chi connectivity index (χ0) is 19.7. The largest absolute Gasteiger partial charge is 0.497 e. The molecule has 0 atom stereocenters. The van der Waals surface area contributed by atoms with E-state index < -0.39 is 0 Å². The molecule has 1 amide bonds. The lowest BCUT2D eigenvalue weighted by Gasteiger charge is -2.26. The second kappa shape index (κ2) is 7.34. The number of ether oxygens (including phenoxy) is 2. The van der Waals surface area contributed by atoms with Crippen LogP contribution in [0.3, 0.4) is 0 Å². The maximum atomic E-state index is 13.2. The molecule has 0 bridgehead atoms. The minimum Gasteiger partial charge on any atom is -0.497 e. The zero-order valence-electron chi connectivity index (χ0n) is 15.6. The number of aromatic nitrogens is 1. The summed E-state index contributed by atoms with van der Waals surface area (Å²) in [6, 6.07) is 11.1. The highest BCUT2D eigenvalue weighted by Crippen LogP contribution is 2.32. The topological polar surface area (TPSA) is 64.8 Å². The molecule has 2 heterocycles. The molecule has 0 radical (unpaired) electrons. The van der Waals surface area contributed by atoms with Crippen molar-refractivity contribution in [1.82, 2.24) is 10.1 Å². The highest BCUT2D eigenvalue weighted by Gasteiger charge is 2.28. The Morgan fingerprint density at radius 3 is 2.43 bits per heavy atom. The molecule has 144 valence electrons. The molecular weight excluding hydrogens is 363 g/mol. The van der Waals surface area contributed by atoms with Gasteiger partial charge in [0.05, 0.1) is 26.5 Å². The summed E-state index contributed by atoms with van der Waals surface area (Å²) in [6.07, 6.45) is 0.590. The highest BCUT2D eigenvalue weighted by atomic mass is 19.1. The Morgan fingerprint density at radius 2 is 1.79 bits per heavy atom. The molecular formula is C21H19FN2O4. The Bertz CT molecular complexity index is 991. The van der Waals surface area contributed by atoms with Gasteiger partial charge in [-0.15, -0.1) is 0 Å². The first-order chi connectivity index (χ1) is 13.6. The van der Waals surface area contributed by atoms with Crippen LogP contribution in [0.2, 0.25) is 0 Å². The molecule has 0 fully saturated rings. The molecule has 28 heavy (non-hydrogen) atoms. The van der Waals surface area contributed by atoms with E-state index in [4.69, 9.17) is 14.0 Å². The lowest BCUT2D eigenvalue weighted by molar-refractivity contribution is 0.0734. The summed E-state index contributed by atoms with van der Waals surface area (Å²) < 4.78 is 29.2. The van der Waals surface area contributed by atoms with Crippen LogP contribution in [-0.2, 0) is 13.0 Å². The fourth-order valence-corrected chi connectivity index (χ4v) is 3.33. The number of rotatable bonds is 4. The van der Waals surface area contributed by atoms with Crippen molar-refractivity contribution in [3.05, 3.63) is 65.1 Å². The second-order valence-corrected chi connectivity index (χ2v) is 6.52. The summed E-state index contributed by atoms with van der Waals surface area (Å²) in [4.78, 5) is 14.8. The first-order valence-corrected chi connectivity index (χ1v) is 8.84. The van der Waals surface area contributed by atoms with Crippen LogP contribution >= 0.6 is 0 Å². The van der Waals surface area contributed by atoms with E-state index in [2.05, 4.69) is 5.16 Å². The van der Waals surface area contributed by atoms with Gasteiger partial charge in [-0.25, -0.2) is 4.39 Å². The molecule has 7 heteroatoms. The van der Waals surface area contributed by atoms with Gasteiger partial charge >= 0.3 is 0 Å². The average Bonchev–Trinajstić information content (AvgIpc) is 3.16. The Hall–Kier alpha value is -3.35. The number of fused-ring (bicyclic) bond motifs is 1. The minimum absolute atomic E-state index is 0.130. The number of hydrogen-bond donors (Lipinski definition) is 0. The van der Waals surface area contributed by atoms with E-state index in [9.17, 15) is 9.18 Å². The molecule has 4 rings (SSSR count). The van der Waals surface area contributed by atoms with Crippen molar-refractivity contribution in [3.63, 3.8) is 0 Å². The van der Waals surface area contributed by atoms with Gasteiger partial charge in [0.15, 0.2) is 5.76 Å². The predicted molar refractivity (Wildman–Crippen MR) is 99.9 cm³/mol. The van der Waals surface area contributed by atoms with Crippen LogP contribution in [0.1, 0.15) is 21.6 Å². The van der Waals surface area contributed by atoms with Crippen LogP contribution in [0, 0.1) is 5.82 Å². The standard InChI is InChI=1S/C21H19FN2O4/c1-26-16-9-14(10-17(11-16)27-2)21(25)24-8-7-19-18(12-24)20(28-23-19)13-3-5-15(22)6-4-13/h3-6,9-11H,7-8,12H2,1-2H3. The first-order valence-electron chi connectivity index (χ1n) is 8.84. The number of hydrogen-bond acceptors (Lipinski definition) is 5. The lowest BCUT2D eigenvalue weighted by Crippen LogP contribution is -2.36. The molecule has 1 aliphatic heterocycles. The summed E-state index contributed by atoms with van der Waals surface area (Å²) >= 11 is 0. The van der Waals surface area contributed by atoms with Gasteiger partial charge in [0, 0.05) is 35.7 Å². The van der Waals surface area contributed by atoms with E-state index in [-0.39, 0.29) is 11.7 Å². The molecule has 1 aromatic heterocycles. The SMILES string of the molecule is COc1cc(OC)cc(C(=O)N2CCc3noc(-c4ccc(F)cc4)c3C2)c1. The summed E-state index contributed by atoms with van der Waals surface area (Å²) in [5.74, 6) is 1.22. The highest BCUT2D eigenvalue weighted by molar-refractivity contribution is 5.95. The van der Waals surface area contributed by atoms with Crippen molar-refractivity contribution in [2.45, 2.75) is 13.0 Å². The number of nitrogens with zero attached hydrogens (tertiary/aromatic N) is 2. The maximum absolute atomic E-state index is 13.2. The quantitative estimate of drug-likeness (QED) is 0.689. The summed E-state index contributed by atoms with van der Waals surface area (Å²) in [5.41, 5.74) is 2.89. The van der Waals surface area contributed by atoms with Crippen LogP contribution < -0.4 is 9.47 Å². The maximum Gasteiger partial charge on any atom is 0.254 e. The number of carbonyl (C=O) groups excluding carboxylic acids is 1. The number of benzene rings is 2. The van der Waals surface area contributed by atoms with Gasteiger partial charge in [0.2, 0.25) is 0 Å². The van der Waals surface area contributed by atoms with E-state index in [0.29, 0.717) is 42.3 Å². The molecule has 1 aliphatic rings. The normalized spacial score (nSPS) is 13.2. The van der Waals surface area contributed by atoms with Gasteiger partial charge in [-0.3, -0.25) is 4.79 Å². The third-order valence-electron chi connectivity index (χ3n) is 4.83. The zero-order valence-corrected chi connectivity index (χ0v) is 15.6. The van der Waals surface area contributed by atoms with Crippen LogP contribution in [-0.4, -0.2) is 36.7 Å². The number of halogens is 1. The van der Waals surface area contributed by atoms with E-state index in [1.807, 2.05) is 0 Å². The third-order valence-corrected chi connectivity index (χ3v) is 4.83. The van der Waals surface area contributed by atoms with Crippen LogP contribution in [0.25, 0.3) is 11.3 Å². The first kappa shape index (κ1) is 18.0. The second-order valence-electron chi connectivity index (χ2n) is 6.52. The molecule has 0 saturated carbocycles. The molecule has 2 aromatic carbocycles. The van der Waals surface area contributed by atoms with Crippen molar-refractivity contribution in [2.24, 2.45) is 0 Å². The van der Waals surface area contributed by atoms with Crippen molar-refractivity contribution >= 4 is 5.91 Å². The average molecular weight is 382 g/mol. The van der Waals surface area contributed by atoms with E-state index in [0.717, 1.165) is 16.8 Å². The van der Waals surface area contributed by atoms with E-state index >= 15 is 0 Å². The monoisotopic (exact) mass is 382 g/mol. The Kier molecular flexibility index (Phi) is 4.73. The van der Waals surface area contributed by atoms with Gasteiger partial charge in [-0.2, -0.15) is 0 Å². The van der Waals surface area contributed by atoms with E-state index in [1.165, 1.54) is 12.1 Å². The number of methoxy groups -OCH3 is 2. The molecule has 0 unspecified atom stereocenters. The number of carbonyl (C=O) groups is 1. The smallest absolute Gasteiger partial charge is 0.254 e.